The first-order valence-corrected chi connectivity index (χ1v) is 8.02. The fraction of sp³-hybridized carbons (Fsp3) is 0.556. The maximum absolute atomic E-state index is 10.0. The summed E-state index contributed by atoms with van der Waals surface area (Å²) in [5.74, 6) is 1.70. The second-order valence-electron chi connectivity index (χ2n) is 7.51. The lowest BCUT2D eigenvalue weighted by atomic mass is 9.69. The van der Waals surface area contributed by atoms with Gasteiger partial charge in [-0.05, 0) is 12.1 Å². The number of aliphatic hydroxyl groups is 1. The zero-order valence-electron chi connectivity index (χ0n) is 13.5. The van der Waals surface area contributed by atoms with Crippen molar-refractivity contribution in [2.45, 2.75) is 37.0 Å². The number of rotatable bonds is 1. The van der Waals surface area contributed by atoms with Gasteiger partial charge in [0.25, 0.3) is 0 Å². The van der Waals surface area contributed by atoms with Crippen LogP contribution in [-0.2, 0) is 12.0 Å². The molecule has 0 unspecified atom stereocenters. The van der Waals surface area contributed by atoms with Crippen molar-refractivity contribution in [2.24, 2.45) is 0 Å². The van der Waals surface area contributed by atoms with Gasteiger partial charge < -0.3 is 19.1 Å². The molecule has 22 heavy (non-hydrogen) atoms. The summed E-state index contributed by atoms with van der Waals surface area (Å²) in [7, 11) is 6.26. The molecule has 4 nitrogen and oxygen atoms in total. The summed E-state index contributed by atoms with van der Waals surface area (Å²) in [5, 5.41) is 10.0. The van der Waals surface area contributed by atoms with Crippen molar-refractivity contribution < 1.29 is 19.1 Å². The molecule has 1 aromatic rings. The predicted molar refractivity (Wildman–Crippen MR) is 84.1 cm³/mol. The lowest BCUT2D eigenvalue weighted by Gasteiger charge is -2.36. The summed E-state index contributed by atoms with van der Waals surface area (Å²) >= 11 is 0. The molecule has 2 aliphatic heterocycles. The number of aliphatic hydroxyl groups excluding tert-OH is 1. The molecule has 0 bridgehead atoms. The van der Waals surface area contributed by atoms with Gasteiger partial charge in [-0.2, -0.15) is 0 Å². The molecule has 2 heterocycles. The molecule has 118 valence electrons. The average Bonchev–Trinajstić information content (AvgIpc) is 2.74. The first-order chi connectivity index (χ1) is 10.5. The largest absolute Gasteiger partial charge is 0.493 e. The normalized spacial score (nSPS) is 34.4. The minimum atomic E-state index is -0.412. The molecule has 3 aliphatic rings. The van der Waals surface area contributed by atoms with E-state index in [1.807, 2.05) is 12.1 Å². The van der Waals surface area contributed by atoms with Crippen molar-refractivity contribution >= 4 is 0 Å². The van der Waals surface area contributed by atoms with E-state index in [4.69, 9.17) is 9.47 Å². The van der Waals surface area contributed by atoms with Crippen molar-refractivity contribution in [3.63, 3.8) is 0 Å². The fourth-order valence-corrected chi connectivity index (χ4v) is 4.36. The molecule has 3 atom stereocenters. The van der Waals surface area contributed by atoms with Gasteiger partial charge in [-0.15, -0.1) is 0 Å². The Morgan fingerprint density at radius 1 is 1.36 bits per heavy atom. The lowest BCUT2D eigenvalue weighted by Crippen LogP contribution is -2.45. The van der Waals surface area contributed by atoms with E-state index >= 15 is 0 Å². The molecule has 4 heteroatoms. The number of quaternary nitrogens is 1. The maximum atomic E-state index is 10.0. The Kier molecular flexibility index (Phi) is 2.88. The van der Waals surface area contributed by atoms with Gasteiger partial charge in [0.05, 0.1) is 39.3 Å². The highest BCUT2D eigenvalue weighted by Gasteiger charge is 2.54. The molecule has 0 amide bonds. The van der Waals surface area contributed by atoms with Crippen LogP contribution in [-0.4, -0.2) is 49.5 Å². The summed E-state index contributed by atoms with van der Waals surface area (Å²) in [6, 6.07) is 4.21. The van der Waals surface area contributed by atoms with Crippen molar-refractivity contribution in [3.8, 4) is 11.5 Å². The van der Waals surface area contributed by atoms with E-state index in [1.165, 1.54) is 11.1 Å². The van der Waals surface area contributed by atoms with Gasteiger partial charge in [0.2, 0.25) is 0 Å². The molecular weight excluding hydrogens is 278 g/mol. The van der Waals surface area contributed by atoms with E-state index in [0.717, 1.165) is 35.5 Å². The molecule has 0 saturated carbocycles. The van der Waals surface area contributed by atoms with E-state index < -0.39 is 6.10 Å². The molecule has 1 aliphatic carbocycles. The van der Waals surface area contributed by atoms with Crippen molar-refractivity contribution in [2.75, 3.05) is 27.7 Å². The molecule has 1 N–H and O–H groups in total. The smallest absolute Gasteiger partial charge is 0.166 e. The third kappa shape index (κ3) is 1.83. The van der Waals surface area contributed by atoms with E-state index in [9.17, 15) is 5.11 Å². The van der Waals surface area contributed by atoms with Gasteiger partial charge >= 0.3 is 0 Å². The third-order valence-corrected chi connectivity index (χ3v) is 5.53. The first kappa shape index (κ1) is 14.1. The summed E-state index contributed by atoms with van der Waals surface area (Å²) in [4.78, 5) is 0. The van der Waals surface area contributed by atoms with Crippen molar-refractivity contribution in [1.82, 2.24) is 0 Å². The van der Waals surface area contributed by atoms with Gasteiger partial charge in [-0.3, -0.25) is 0 Å². The zero-order valence-corrected chi connectivity index (χ0v) is 13.5. The minimum Gasteiger partial charge on any atom is -0.493 e. The van der Waals surface area contributed by atoms with Crippen LogP contribution in [0.3, 0.4) is 0 Å². The van der Waals surface area contributed by atoms with Gasteiger partial charge in [0, 0.05) is 24.0 Å². The van der Waals surface area contributed by atoms with Crippen LogP contribution in [0.1, 0.15) is 24.0 Å². The summed E-state index contributed by atoms with van der Waals surface area (Å²) in [6.45, 7) is 2.09. The van der Waals surface area contributed by atoms with E-state index in [1.54, 1.807) is 7.11 Å². The summed E-state index contributed by atoms with van der Waals surface area (Å²) < 4.78 is 12.8. The Morgan fingerprint density at radius 3 is 2.95 bits per heavy atom. The van der Waals surface area contributed by atoms with Crippen LogP contribution in [0.5, 0.6) is 11.5 Å². The van der Waals surface area contributed by atoms with Gasteiger partial charge in [-0.25, -0.2) is 0 Å². The number of methoxy groups -OCH3 is 1. The maximum Gasteiger partial charge on any atom is 0.166 e. The third-order valence-electron chi connectivity index (χ3n) is 5.53. The number of nitrogens with zero attached hydrogens (tertiary/aromatic N) is 1. The number of hydrogen-bond acceptors (Lipinski definition) is 3. The monoisotopic (exact) mass is 302 g/mol. The minimum absolute atomic E-state index is 0.00986. The first-order valence-electron chi connectivity index (χ1n) is 8.02. The number of hydrogen-bond donors (Lipinski definition) is 1. The molecule has 0 aromatic heterocycles. The zero-order chi connectivity index (χ0) is 15.5. The molecule has 1 aromatic carbocycles. The molecule has 0 radical (unpaired) electrons. The standard InChI is InChI=1S/C18H24NO3/c1-19(2)9-8-18-7-6-13(20)10-15(18)22-17-14(21-3)5-4-12(11-19)16(17)18/h4-7,13,15,20H,8-11H2,1-3H3/q+1/t13-,15+,18-/m0/s1. The number of ether oxygens (including phenoxy) is 2. The molecule has 0 saturated heterocycles. The molecule has 4 rings (SSSR count). The fourth-order valence-electron chi connectivity index (χ4n) is 4.36. The second-order valence-corrected chi connectivity index (χ2v) is 7.51. The second kappa shape index (κ2) is 4.49. The summed E-state index contributed by atoms with van der Waals surface area (Å²) in [5.41, 5.74) is 2.54. The summed E-state index contributed by atoms with van der Waals surface area (Å²) in [6.07, 6.45) is 5.44. The van der Waals surface area contributed by atoms with E-state index in [-0.39, 0.29) is 11.5 Å². The predicted octanol–water partition coefficient (Wildman–Crippen LogP) is 1.99. The van der Waals surface area contributed by atoms with Gasteiger partial charge in [0.15, 0.2) is 11.5 Å². The van der Waals surface area contributed by atoms with Crippen LogP contribution in [0.4, 0.5) is 0 Å². The van der Waals surface area contributed by atoms with E-state index in [0.29, 0.717) is 6.42 Å². The topological polar surface area (TPSA) is 38.7 Å². The van der Waals surface area contributed by atoms with Crippen molar-refractivity contribution in [1.29, 1.82) is 0 Å². The highest BCUT2D eigenvalue weighted by atomic mass is 16.5. The highest BCUT2D eigenvalue weighted by Crippen LogP contribution is 2.56. The SMILES string of the molecule is COc1ccc2c3c1O[C@@H]1C[C@@H](O)C=C[C@@]31CC[N+](C)(C)C2. The van der Waals surface area contributed by atoms with Gasteiger partial charge in [-0.1, -0.05) is 12.2 Å². The van der Waals surface area contributed by atoms with Crippen LogP contribution in [0, 0.1) is 0 Å². The van der Waals surface area contributed by atoms with Crippen LogP contribution in [0.15, 0.2) is 24.3 Å². The Morgan fingerprint density at radius 2 is 2.18 bits per heavy atom. The Labute approximate surface area is 131 Å². The van der Waals surface area contributed by atoms with Crippen LogP contribution >= 0.6 is 0 Å². The number of benzene rings is 1. The Hall–Kier alpha value is -1.52. The highest BCUT2D eigenvalue weighted by molar-refractivity contribution is 5.60. The van der Waals surface area contributed by atoms with E-state index in [2.05, 4.69) is 26.2 Å². The van der Waals surface area contributed by atoms with Crippen LogP contribution in [0.2, 0.25) is 0 Å². The molecular formula is C18H24NO3+. The lowest BCUT2D eigenvalue weighted by molar-refractivity contribution is -0.903. The molecule has 1 spiro atoms. The molecule has 0 fully saturated rings. The Balaban J connectivity index is 1.96. The Bertz CT molecular complexity index is 652. The van der Waals surface area contributed by atoms with Crippen LogP contribution in [0.25, 0.3) is 0 Å². The average molecular weight is 302 g/mol. The van der Waals surface area contributed by atoms with Crippen LogP contribution < -0.4 is 9.47 Å². The van der Waals surface area contributed by atoms with Gasteiger partial charge in [0.1, 0.15) is 12.6 Å². The van der Waals surface area contributed by atoms with Crippen molar-refractivity contribution in [3.05, 3.63) is 35.4 Å². The quantitative estimate of drug-likeness (QED) is 0.637.